The highest BCUT2D eigenvalue weighted by Gasteiger charge is 2.15. The van der Waals surface area contributed by atoms with Gasteiger partial charge in [0.2, 0.25) is 11.8 Å². The molecule has 0 radical (unpaired) electrons. The molecule has 106 valence electrons. The van der Waals surface area contributed by atoms with E-state index < -0.39 is 4.92 Å². The number of rotatable bonds is 6. The lowest BCUT2D eigenvalue weighted by molar-refractivity contribution is -0.384. The van der Waals surface area contributed by atoms with Crippen molar-refractivity contribution in [2.75, 3.05) is 6.54 Å². The minimum atomic E-state index is -0.441. The van der Waals surface area contributed by atoms with Gasteiger partial charge in [0, 0.05) is 17.7 Å². The van der Waals surface area contributed by atoms with Gasteiger partial charge in [-0.1, -0.05) is 13.0 Å². The zero-order chi connectivity index (χ0) is 14.5. The molecule has 2 aromatic rings. The van der Waals surface area contributed by atoms with Crippen molar-refractivity contribution < 1.29 is 9.34 Å². The molecule has 0 saturated carbocycles. The topological polar surface area (TPSA) is 94.1 Å². The van der Waals surface area contributed by atoms with E-state index >= 15 is 0 Å². The maximum atomic E-state index is 10.8. The van der Waals surface area contributed by atoms with Crippen LogP contribution in [-0.4, -0.2) is 21.7 Å². The fourth-order valence-corrected chi connectivity index (χ4v) is 1.76. The highest BCUT2D eigenvalue weighted by atomic mass is 16.6. The SMILES string of the molecule is CCCNCc1nnc(-c2cc([N+](=O)[O-])ccc2C)o1. The summed E-state index contributed by atoms with van der Waals surface area (Å²) in [6.07, 6.45) is 1.02. The van der Waals surface area contributed by atoms with Gasteiger partial charge in [-0.25, -0.2) is 0 Å². The Kier molecular flexibility index (Phi) is 4.41. The van der Waals surface area contributed by atoms with Crippen LogP contribution < -0.4 is 5.32 Å². The van der Waals surface area contributed by atoms with Gasteiger partial charge < -0.3 is 9.73 Å². The summed E-state index contributed by atoms with van der Waals surface area (Å²) in [5, 5.41) is 21.8. The van der Waals surface area contributed by atoms with Crippen molar-refractivity contribution in [3.63, 3.8) is 0 Å². The number of nitro groups is 1. The summed E-state index contributed by atoms with van der Waals surface area (Å²) in [7, 11) is 0. The molecule has 1 N–H and O–H groups in total. The van der Waals surface area contributed by atoms with E-state index in [1.54, 1.807) is 6.07 Å². The standard InChI is InChI=1S/C13H16N4O3/c1-3-6-14-8-12-15-16-13(20-12)11-7-10(17(18)19)5-4-9(11)2/h4-5,7,14H,3,6,8H2,1-2H3. The van der Waals surface area contributed by atoms with Crippen molar-refractivity contribution in [3.8, 4) is 11.5 Å². The van der Waals surface area contributed by atoms with Crippen LogP contribution in [0.2, 0.25) is 0 Å². The first-order chi connectivity index (χ1) is 9.61. The van der Waals surface area contributed by atoms with Crippen molar-refractivity contribution in [2.45, 2.75) is 26.8 Å². The first-order valence-corrected chi connectivity index (χ1v) is 6.40. The third-order valence-corrected chi connectivity index (χ3v) is 2.83. The Labute approximate surface area is 116 Å². The third kappa shape index (κ3) is 3.18. The average molecular weight is 276 g/mol. The van der Waals surface area contributed by atoms with Crippen LogP contribution in [0, 0.1) is 17.0 Å². The highest BCUT2D eigenvalue weighted by molar-refractivity contribution is 5.62. The van der Waals surface area contributed by atoms with E-state index in [-0.39, 0.29) is 5.69 Å². The van der Waals surface area contributed by atoms with Gasteiger partial charge in [-0.15, -0.1) is 10.2 Å². The van der Waals surface area contributed by atoms with Crippen molar-refractivity contribution in [1.82, 2.24) is 15.5 Å². The molecule has 0 fully saturated rings. The zero-order valence-electron chi connectivity index (χ0n) is 11.4. The van der Waals surface area contributed by atoms with Crippen molar-refractivity contribution in [3.05, 3.63) is 39.8 Å². The van der Waals surface area contributed by atoms with Gasteiger partial charge in [-0.05, 0) is 25.5 Å². The summed E-state index contributed by atoms with van der Waals surface area (Å²) in [5.74, 6) is 0.777. The lowest BCUT2D eigenvalue weighted by atomic mass is 10.1. The van der Waals surface area contributed by atoms with Crippen LogP contribution in [-0.2, 0) is 6.54 Å². The molecule has 0 spiro atoms. The quantitative estimate of drug-likeness (QED) is 0.494. The summed E-state index contributed by atoms with van der Waals surface area (Å²) >= 11 is 0. The van der Waals surface area contributed by atoms with E-state index in [1.165, 1.54) is 12.1 Å². The third-order valence-electron chi connectivity index (χ3n) is 2.83. The Morgan fingerprint density at radius 1 is 1.40 bits per heavy atom. The van der Waals surface area contributed by atoms with E-state index in [9.17, 15) is 10.1 Å². The van der Waals surface area contributed by atoms with Gasteiger partial charge in [0.05, 0.1) is 11.5 Å². The number of nitrogens with one attached hydrogen (secondary N) is 1. The first-order valence-electron chi connectivity index (χ1n) is 6.40. The lowest BCUT2D eigenvalue weighted by Crippen LogP contribution is -2.13. The minimum absolute atomic E-state index is 0.00876. The van der Waals surface area contributed by atoms with E-state index in [0.29, 0.717) is 23.9 Å². The molecule has 0 aliphatic carbocycles. The van der Waals surface area contributed by atoms with Crippen molar-refractivity contribution in [2.24, 2.45) is 0 Å². The predicted octanol–water partition coefficient (Wildman–Crippen LogP) is 2.45. The van der Waals surface area contributed by atoms with Crippen LogP contribution in [0.4, 0.5) is 5.69 Å². The van der Waals surface area contributed by atoms with E-state index in [0.717, 1.165) is 18.5 Å². The van der Waals surface area contributed by atoms with Crippen LogP contribution in [0.15, 0.2) is 22.6 Å². The van der Waals surface area contributed by atoms with E-state index in [4.69, 9.17) is 4.42 Å². The number of hydrogen-bond acceptors (Lipinski definition) is 6. The molecule has 0 atom stereocenters. The van der Waals surface area contributed by atoms with E-state index in [2.05, 4.69) is 22.4 Å². The largest absolute Gasteiger partial charge is 0.419 e. The maximum Gasteiger partial charge on any atom is 0.270 e. The molecule has 0 aliphatic heterocycles. The summed E-state index contributed by atoms with van der Waals surface area (Å²) < 4.78 is 5.52. The second kappa shape index (κ2) is 6.25. The zero-order valence-corrected chi connectivity index (χ0v) is 11.4. The number of aryl methyl sites for hydroxylation is 1. The predicted molar refractivity (Wildman–Crippen MR) is 73.1 cm³/mol. The smallest absolute Gasteiger partial charge is 0.270 e. The molecule has 2 rings (SSSR count). The van der Waals surface area contributed by atoms with Gasteiger partial charge in [0.25, 0.3) is 5.69 Å². The van der Waals surface area contributed by atoms with Gasteiger partial charge in [-0.2, -0.15) is 0 Å². The number of nitro benzene ring substituents is 1. The highest BCUT2D eigenvalue weighted by Crippen LogP contribution is 2.26. The Balaban J connectivity index is 2.23. The Bertz CT molecular complexity index is 609. The van der Waals surface area contributed by atoms with Gasteiger partial charge >= 0.3 is 0 Å². The fraction of sp³-hybridized carbons (Fsp3) is 0.385. The fourth-order valence-electron chi connectivity index (χ4n) is 1.76. The van der Waals surface area contributed by atoms with Gasteiger partial charge in [0.1, 0.15) is 0 Å². The Morgan fingerprint density at radius 2 is 2.20 bits per heavy atom. The van der Waals surface area contributed by atoms with Crippen LogP contribution >= 0.6 is 0 Å². The Hall–Kier alpha value is -2.28. The summed E-state index contributed by atoms with van der Waals surface area (Å²) in [6.45, 7) is 5.28. The van der Waals surface area contributed by atoms with Gasteiger partial charge in [-0.3, -0.25) is 10.1 Å². The molecule has 1 aromatic carbocycles. The second-order valence-electron chi connectivity index (χ2n) is 4.43. The molecule has 0 unspecified atom stereocenters. The molecule has 1 aromatic heterocycles. The van der Waals surface area contributed by atoms with Crippen molar-refractivity contribution in [1.29, 1.82) is 0 Å². The second-order valence-corrected chi connectivity index (χ2v) is 4.43. The molecule has 7 nitrogen and oxygen atoms in total. The number of benzene rings is 1. The van der Waals surface area contributed by atoms with Gasteiger partial charge in [0.15, 0.2) is 0 Å². The molecule has 0 amide bonds. The molecule has 1 heterocycles. The van der Waals surface area contributed by atoms with Crippen LogP contribution in [0.1, 0.15) is 24.8 Å². The average Bonchev–Trinajstić information content (AvgIpc) is 2.88. The van der Waals surface area contributed by atoms with E-state index in [1.807, 2.05) is 6.92 Å². The normalized spacial score (nSPS) is 10.7. The number of hydrogen-bond donors (Lipinski definition) is 1. The molecular formula is C13H16N4O3. The first kappa shape index (κ1) is 14.1. The lowest BCUT2D eigenvalue weighted by Gasteiger charge is -2.00. The van der Waals surface area contributed by atoms with Crippen LogP contribution in [0.25, 0.3) is 11.5 Å². The summed E-state index contributed by atoms with van der Waals surface area (Å²) in [5.41, 5.74) is 1.45. The summed E-state index contributed by atoms with van der Waals surface area (Å²) in [6, 6.07) is 4.58. The number of nitrogens with zero attached hydrogens (tertiary/aromatic N) is 3. The maximum absolute atomic E-state index is 10.8. The molecule has 0 bridgehead atoms. The number of non-ortho nitro benzene ring substituents is 1. The summed E-state index contributed by atoms with van der Waals surface area (Å²) in [4.78, 5) is 10.4. The Morgan fingerprint density at radius 3 is 2.90 bits per heavy atom. The molecule has 0 aliphatic rings. The molecule has 20 heavy (non-hydrogen) atoms. The van der Waals surface area contributed by atoms with Crippen LogP contribution in [0.5, 0.6) is 0 Å². The molecular weight excluding hydrogens is 260 g/mol. The molecule has 0 saturated heterocycles. The monoisotopic (exact) mass is 276 g/mol. The van der Waals surface area contributed by atoms with Crippen molar-refractivity contribution >= 4 is 5.69 Å². The van der Waals surface area contributed by atoms with Crippen LogP contribution in [0.3, 0.4) is 0 Å². The minimum Gasteiger partial charge on any atom is -0.419 e. The number of aromatic nitrogens is 2. The molecule has 7 heteroatoms.